The van der Waals surface area contributed by atoms with Gasteiger partial charge in [0.2, 0.25) is 11.8 Å². The van der Waals surface area contributed by atoms with E-state index in [9.17, 15) is 9.59 Å². The zero-order valence-corrected chi connectivity index (χ0v) is 20.0. The van der Waals surface area contributed by atoms with Crippen molar-refractivity contribution in [3.8, 4) is 0 Å². The first-order chi connectivity index (χ1) is 15.4. The van der Waals surface area contributed by atoms with Gasteiger partial charge >= 0.3 is 0 Å². The summed E-state index contributed by atoms with van der Waals surface area (Å²) in [5.74, 6) is 0.390. The van der Waals surface area contributed by atoms with E-state index >= 15 is 0 Å². The minimum atomic E-state index is 0.0264. The lowest BCUT2D eigenvalue weighted by Gasteiger charge is -2.26. The maximum absolute atomic E-state index is 12.9. The number of aromatic nitrogens is 3. The molecule has 3 heterocycles. The predicted molar refractivity (Wildman–Crippen MR) is 124 cm³/mol. The Morgan fingerprint density at radius 2 is 1.94 bits per heavy atom. The number of amides is 2. The highest BCUT2D eigenvalue weighted by atomic mass is 16.2. The summed E-state index contributed by atoms with van der Waals surface area (Å²) in [5, 5.41) is 8.06. The average molecular weight is 440 g/mol. The quantitative estimate of drug-likeness (QED) is 0.706. The van der Waals surface area contributed by atoms with Gasteiger partial charge in [0, 0.05) is 42.4 Å². The fourth-order valence-corrected chi connectivity index (χ4v) is 5.27. The van der Waals surface area contributed by atoms with Crippen molar-refractivity contribution in [1.29, 1.82) is 0 Å². The van der Waals surface area contributed by atoms with E-state index in [1.165, 1.54) is 12.8 Å². The third-order valence-electron chi connectivity index (χ3n) is 7.42. The molecule has 2 aromatic rings. The first kappa shape index (κ1) is 22.7. The molecule has 4 rings (SSSR count). The number of likely N-dealkylation sites (tertiary alicyclic amines) is 1. The molecular formula is C25H37N5O2. The largest absolute Gasteiger partial charge is 0.353 e. The highest BCUT2D eigenvalue weighted by Crippen LogP contribution is 2.33. The number of hydrogen-bond donors (Lipinski definition) is 1. The summed E-state index contributed by atoms with van der Waals surface area (Å²) in [4.78, 5) is 32.1. The van der Waals surface area contributed by atoms with E-state index in [0.29, 0.717) is 18.9 Å². The number of aryl methyl sites for hydroxylation is 2. The average Bonchev–Trinajstić information content (AvgIpc) is 3.52. The molecule has 1 saturated heterocycles. The van der Waals surface area contributed by atoms with Gasteiger partial charge in [0.15, 0.2) is 5.65 Å². The number of carbonyl (C=O) groups excluding carboxylic acids is 2. The molecule has 2 aromatic heterocycles. The second-order valence-corrected chi connectivity index (χ2v) is 9.65. The van der Waals surface area contributed by atoms with Crippen LogP contribution in [0.1, 0.15) is 93.9 Å². The van der Waals surface area contributed by atoms with Crippen LogP contribution < -0.4 is 5.32 Å². The van der Waals surface area contributed by atoms with Crippen molar-refractivity contribution in [2.75, 3.05) is 6.54 Å². The highest BCUT2D eigenvalue weighted by molar-refractivity contribution is 5.79. The minimum Gasteiger partial charge on any atom is -0.353 e. The van der Waals surface area contributed by atoms with Crippen LogP contribution >= 0.6 is 0 Å². The molecule has 174 valence electrons. The molecule has 7 heteroatoms. The summed E-state index contributed by atoms with van der Waals surface area (Å²) >= 11 is 0. The summed E-state index contributed by atoms with van der Waals surface area (Å²) in [6, 6.07) is 2.41. The molecular weight excluding hydrogens is 402 g/mol. The lowest BCUT2D eigenvalue weighted by Crippen LogP contribution is -2.34. The zero-order valence-electron chi connectivity index (χ0n) is 20.0. The monoisotopic (exact) mass is 439 g/mol. The molecule has 1 aliphatic carbocycles. The Morgan fingerprint density at radius 3 is 2.66 bits per heavy atom. The first-order valence-corrected chi connectivity index (χ1v) is 12.3. The molecule has 32 heavy (non-hydrogen) atoms. The summed E-state index contributed by atoms with van der Waals surface area (Å²) in [6.07, 6.45) is 8.57. The van der Waals surface area contributed by atoms with E-state index in [2.05, 4.69) is 19.2 Å². The van der Waals surface area contributed by atoms with Crippen LogP contribution in [0.3, 0.4) is 0 Å². The highest BCUT2D eigenvalue weighted by Gasteiger charge is 2.33. The van der Waals surface area contributed by atoms with Crippen LogP contribution in [-0.2, 0) is 16.0 Å². The van der Waals surface area contributed by atoms with Crippen molar-refractivity contribution in [3.05, 3.63) is 28.7 Å². The Balaban J connectivity index is 1.52. The molecule has 2 amide bonds. The molecule has 0 spiro atoms. The van der Waals surface area contributed by atoms with Gasteiger partial charge in [0.05, 0.1) is 11.7 Å². The summed E-state index contributed by atoms with van der Waals surface area (Å²) < 4.78 is 1.90. The fraction of sp³-hybridized carbons (Fsp3) is 0.680. The summed E-state index contributed by atoms with van der Waals surface area (Å²) in [5.41, 5.74) is 4.81. The Morgan fingerprint density at radius 1 is 1.19 bits per heavy atom. The molecule has 7 nitrogen and oxygen atoms in total. The Labute approximate surface area is 191 Å². The fourth-order valence-electron chi connectivity index (χ4n) is 5.27. The van der Waals surface area contributed by atoms with Gasteiger partial charge in [-0.3, -0.25) is 9.59 Å². The Bertz CT molecular complexity index is 992. The maximum Gasteiger partial charge on any atom is 0.225 e. The van der Waals surface area contributed by atoms with Crippen molar-refractivity contribution in [3.63, 3.8) is 0 Å². The van der Waals surface area contributed by atoms with Crippen molar-refractivity contribution >= 4 is 17.5 Å². The molecule has 2 fully saturated rings. The molecule has 1 saturated carbocycles. The van der Waals surface area contributed by atoms with Gasteiger partial charge in [-0.1, -0.05) is 26.7 Å². The minimum absolute atomic E-state index is 0.0264. The predicted octanol–water partition coefficient (Wildman–Crippen LogP) is 4.05. The summed E-state index contributed by atoms with van der Waals surface area (Å²) in [6.45, 7) is 8.93. The number of carbonyl (C=O) groups is 2. The van der Waals surface area contributed by atoms with Gasteiger partial charge in [-0.2, -0.15) is 5.10 Å². The number of fused-ring (bicyclic) bond motifs is 1. The Kier molecular flexibility index (Phi) is 6.82. The van der Waals surface area contributed by atoms with Crippen LogP contribution in [0.25, 0.3) is 5.65 Å². The van der Waals surface area contributed by atoms with Crippen LogP contribution in [0.2, 0.25) is 0 Å². The number of rotatable bonds is 7. The van der Waals surface area contributed by atoms with E-state index in [1.54, 1.807) is 0 Å². The SMILES string of the molecule is CCC(C)C(=O)N1CCCC1c1cc2nc(C)c(CCC(=O)NC3CCCC3)c(C)n2n1. The van der Waals surface area contributed by atoms with Gasteiger partial charge in [0.25, 0.3) is 0 Å². The van der Waals surface area contributed by atoms with Gasteiger partial charge < -0.3 is 10.2 Å². The van der Waals surface area contributed by atoms with Gasteiger partial charge in [0.1, 0.15) is 0 Å². The van der Waals surface area contributed by atoms with E-state index < -0.39 is 0 Å². The van der Waals surface area contributed by atoms with Gasteiger partial charge in [-0.05, 0) is 57.9 Å². The number of nitrogens with zero attached hydrogens (tertiary/aromatic N) is 4. The smallest absolute Gasteiger partial charge is 0.225 e. The van der Waals surface area contributed by atoms with Crippen molar-refractivity contribution in [2.24, 2.45) is 5.92 Å². The lowest BCUT2D eigenvalue weighted by molar-refractivity contribution is -0.136. The van der Waals surface area contributed by atoms with E-state index in [4.69, 9.17) is 10.1 Å². The molecule has 0 bridgehead atoms. The molecule has 1 aliphatic heterocycles. The lowest BCUT2D eigenvalue weighted by atomic mass is 10.1. The maximum atomic E-state index is 12.9. The third-order valence-corrected chi connectivity index (χ3v) is 7.42. The van der Waals surface area contributed by atoms with Crippen molar-refractivity contribution < 1.29 is 9.59 Å². The first-order valence-electron chi connectivity index (χ1n) is 12.3. The van der Waals surface area contributed by atoms with E-state index in [1.807, 2.05) is 29.3 Å². The van der Waals surface area contributed by atoms with Crippen LogP contribution in [-0.4, -0.2) is 43.9 Å². The van der Waals surface area contributed by atoms with Crippen LogP contribution in [0, 0.1) is 19.8 Å². The van der Waals surface area contributed by atoms with Crippen molar-refractivity contribution in [2.45, 2.75) is 97.6 Å². The number of hydrogen-bond acceptors (Lipinski definition) is 4. The molecule has 2 atom stereocenters. The van der Waals surface area contributed by atoms with E-state index in [-0.39, 0.29) is 23.8 Å². The van der Waals surface area contributed by atoms with Gasteiger partial charge in [-0.25, -0.2) is 9.50 Å². The van der Waals surface area contributed by atoms with Crippen LogP contribution in [0.15, 0.2) is 6.07 Å². The van der Waals surface area contributed by atoms with E-state index in [0.717, 1.165) is 66.9 Å². The molecule has 0 aromatic carbocycles. The normalized spacial score (nSPS) is 20.2. The Hall–Kier alpha value is -2.44. The van der Waals surface area contributed by atoms with Crippen molar-refractivity contribution in [1.82, 2.24) is 24.8 Å². The zero-order chi connectivity index (χ0) is 22.8. The third kappa shape index (κ3) is 4.52. The molecule has 1 N–H and O–H groups in total. The second kappa shape index (κ2) is 9.59. The van der Waals surface area contributed by atoms with Crippen LogP contribution in [0.4, 0.5) is 0 Å². The second-order valence-electron chi connectivity index (χ2n) is 9.65. The van der Waals surface area contributed by atoms with Crippen LogP contribution in [0.5, 0.6) is 0 Å². The van der Waals surface area contributed by atoms with Gasteiger partial charge in [-0.15, -0.1) is 0 Å². The molecule has 2 aliphatic rings. The number of nitrogens with one attached hydrogen (secondary N) is 1. The molecule has 2 unspecified atom stereocenters. The summed E-state index contributed by atoms with van der Waals surface area (Å²) in [7, 11) is 0. The standard InChI is InChI=1S/C25H37N5O2/c1-5-16(2)25(32)29-14-8-11-22(29)21-15-23-26-17(3)20(18(4)30(23)28-21)12-13-24(31)27-19-9-6-7-10-19/h15-16,19,22H,5-14H2,1-4H3,(H,27,31). The molecule has 0 radical (unpaired) electrons. The topological polar surface area (TPSA) is 79.6 Å².